The first-order valence-electron chi connectivity index (χ1n) is 52.2. The van der Waals surface area contributed by atoms with E-state index in [0.717, 1.165) is 376 Å². The van der Waals surface area contributed by atoms with Crippen molar-refractivity contribution in [1.82, 2.24) is 0 Å². The lowest BCUT2D eigenvalue weighted by Gasteiger charge is -2.55. The summed E-state index contributed by atoms with van der Waals surface area (Å²) in [5.74, 6) is -5.41. The van der Waals surface area contributed by atoms with E-state index in [1.807, 2.05) is 0 Å². The van der Waals surface area contributed by atoms with E-state index in [9.17, 15) is 0 Å². The molecule has 24 fully saturated rings. The van der Waals surface area contributed by atoms with Crippen LogP contribution in [0.25, 0.3) is 0 Å². The fourth-order valence-electron chi connectivity index (χ4n) is 19.4. The largest absolute Gasteiger partial charge is 0.396 e. The molecule has 0 spiro atoms. The van der Waals surface area contributed by atoms with E-state index in [1.54, 1.807) is 0 Å². The Kier molecular flexibility index (Phi) is 46.7. The maximum atomic E-state index is 8.76. The van der Waals surface area contributed by atoms with Crippen LogP contribution in [-0.2, 0) is 114 Å². The van der Waals surface area contributed by atoms with Gasteiger partial charge in [0.2, 0.25) is 0 Å². The Balaban J connectivity index is 0.000000158. The molecule has 24 aliphatic rings. The maximum Gasteiger partial charge on any atom is 0.285 e. The van der Waals surface area contributed by atoms with Crippen molar-refractivity contribution in [2.75, 3.05) is 185 Å². The molecule has 1 aliphatic carbocycles. The second kappa shape index (κ2) is 54.6. The molecule has 780 valence electrons. The number of aliphatic hydroxyl groups excluding tert-OH is 8. The number of fused-ring (bicyclic) bond motifs is 20. The van der Waals surface area contributed by atoms with Gasteiger partial charge in [0.15, 0.2) is 0 Å². The summed E-state index contributed by atoms with van der Waals surface area (Å²) in [4.78, 5) is 0. The van der Waals surface area contributed by atoms with Crippen molar-refractivity contribution in [2.45, 2.75) is 411 Å². The highest BCUT2D eigenvalue weighted by Crippen LogP contribution is 2.51. The van der Waals surface area contributed by atoms with E-state index >= 15 is 0 Å². The molecule has 23 heterocycles. The smallest absolute Gasteiger partial charge is 0.285 e. The number of hydrogen-bond donors (Lipinski definition) is 8. The van der Waals surface area contributed by atoms with Gasteiger partial charge in [0.25, 0.3) is 47.8 Å². The van der Waals surface area contributed by atoms with Crippen LogP contribution in [0.3, 0.4) is 0 Å². The number of unbranched alkanes of at least 4 members (excludes halogenated alkanes) is 22. The maximum absolute atomic E-state index is 8.76. The lowest BCUT2D eigenvalue weighted by atomic mass is 9.88. The first-order chi connectivity index (χ1) is 63.8. The number of rotatable bonds is 49. The van der Waals surface area contributed by atoms with Crippen LogP contribution in [0.5, 0.6) is 0 Å². The van der Waals surface area contributed by atoms with Crippen molar-refractivity contribution in [3.8, 4) is 0 Å². The van der Waals surface area contributed by atoms with E-state index < -0.39 is 47.8 Å². The van der Waals surface area contributed by atoms with Crippen LogP contribution < -0.4 is 0 Å². The summed E-state index contributed by atoms with van der Waals surface area (Å²) in [5, 5.41) is 69.6. The minimum atomic E-state index is -0.812. The molecule has 23 aliphatic heterocycles. The van der Waals surface area contributed by atoms with E-state index in [4.69, 9.17) is 155 Å². The lowest BCUT2D eigenvalue weighted by molar-refractivity contribution is -0.495. The molecule has 133 heavy (non-hydrogen) atoms. The van der Waals surface area contributed by atoms with Gasteiger partial charge < -0.3 is 155 Å². The summed E-state index contributed by atoms with van der Waals surface area (Å²) in [6.45, 7) is 38.0. The Hall–Kier alpha value is -1.28. The summed E-state index contributed by atoms with van der Waals surface area (Å²) >= 11 is 0. The van der Waals surface area contributed by atoms with Crippen LogP contribution in [-0.4, -0.2) is 298 Å². The minimum Gasteiger partial charge on any atom is -0.396 e. The fraction of sp³-hybridized carbons (Fsp3) is 1.00. The highest BCUT2D eigenvalue weighted by atomic mass is 16.9. The SMILES string of the molecule is CC(CCCCCCO)C12OCC(C)(CO1)CO2.CC(CCCCCO)C12OCC(C)(CO1)CO2.CC(CCCCO)C12OCC(C)(CO1)CO2.CC12CCOC(CCCCCO)(OC1)O2.CC12COC(CCCCCCCO)(OC1)OC2.CC12COC(CCCCCCO)(OC1)OC2.CC12COC(CCCCCO)(OC1)OC2.OCCCCCCCCC12OC3CC(CC(C3)O1)O2. The average molecular weight is 1910 g/mol. The van der Waals surface area contributed by atoms with Crippen LogP contribution in [0.4, 0.5) is 0 Å². The summed E-state index contributed by atoms with van der Waals surface area (Å²) in [7, 11) is 0. The minimum absolute atomic E-state index is 0.0343. The number of hydrogen-bond acceptors (Lipinski definition) is 32. The second-order valence-electron chi connectivity index (χ2n) is 43.9. The molecular weight excluding hydrogens is 1730 g/mol. The number of ether oxygens (including phenoxy) is 24. The molecule has 0 aromatic carbocycles. The zero-order valence-corrected chi connectivity index (χ0v) is 83.8. The van der Waals surface area contributed by atoms with Crippen molar-refractivity contribution in [3.63, 3.8) is 0 Å². The Bertz CT molecular complexity index is 2990. The second-order valence-corrected chi connectivity index (χ2v) is 43.9. The zero-order chi connectivity index (χ0) is 95.4. The number of aliphatic hydroxyl groups is 8. The van der Waals surface area contributed by atoms with Crippen molar-refractivity contribution in [1.29, 1.82) is 0 Å². The van der Waals surface area contributed by atoms with Gasteiger partial charge in [0, 0.05) is 161 Å². The normalized spacial score (nSPS) is 38.5. The predicted octanol–water partition coefficient (Wildman–Crippen LogP) is 14.9. The summed E-state index contributed by atoms with van der Waals surface area (Å²) in [5.41, 5.74) is 0.136. The molecule has 0 amide bonds. The van der Waals surface area contributed by atoms with E-state index in [1.165, 1.54) is 19.3 Å². The molecule has 1 saturated carbocycles. The molecule has 32 nitrogen and oxygen atoms in total. The summed E-state index contributed by atoms with van der Waals surface area (Å²) in [6, 6.07) is 0. The third-order valence-corrected chi connectivity index (χ3v) is 28.8. The average Bonchev–Trinajstić information content (AvgIpc) is 1.73. The molecule has 24 rings (SSSR count). The fourth-order valence-corrected chi connectivity index (χ4v) is 19.4. The van der Waals surface area contributed by atoms with Crippen LogP contribution in [0.15, 0.2) is 0 Å². The van der Waals surface area contributed by atoms with Crippen molar-refractivity contribution >= 4 is 0 Å². The van der Waals surface area contributed by atoms with Gasteiger partial charge in [-0.15, -0.1) is 0 Å². The molecule has 8 N–H and O–H groups in total. The van der Waals surface area contributed by atoms with Crippen molar-refractivity contribution < 1.29 is 155 Å². The van der Waals surface area contributed by atoms with Crippen LogP contribution in [0.2, 0.25) is 0 Å². The van der Waals surface area contributed by atoms with Gasteiger partial charge in [0.1, 0.15) is 0 Å². The van der Waals surface area contributed by atoms with Gasteiger partial charge in [-0.25, -0.2) is 0 Å². The van der Waals surface area contributed by atoms with Crippen molar-refractivity contribution in [3.05, 3.63) is 0 Å². The molecule has 18 bridgehead atoms. The Labute approximate surface area is 796 Å². The van der Waals surface area contributed by atoms with E-state index in [-0.39, 0.29) is 88.9 Å². The summed E-state index contributed by atoms with van der Waals surface area (Å²) in [6.07, 6.45) is 43.2. The van der Waals surface area contributed by atoms with Gasteiger partial charge in [-0.2, -0.15) is 0 Å². The predicted molar refractivity (Wildman–Crippen MR) is 492 cm³/mol. The Morgan fingerprint density at radius 3 is 0.662 bits per heavy atom. The van der Waals surface area contributed by atoms with E-state index in [2.05, 4.69) is 69.2 Å². The molecule has 23 saturated heterocycles. The van der Waals surface area contributed by atoms with Gasteiger partial charge in [-0.3, -0.25) is 0 Å². The molecule has 0 aromatic heterocycles. The molecule has 32 heteroatoms. The summed E-state index contributed by atoms with van der Waals surface area (Å²) < 4.78 is 138. The third-order valence-electron chi connectivity index (χ3n) is 28.8. The van der Waals surface area contributed by atoms with Gasteiger partial charge in [-0.1, -0.05) is 171 Å². The van der Waals surface area contributed by atoms with Crippen LogP contribution in [0, 0.1) is 50.2 Å². The van der Waals surface area contributed by atoms with Gasteiger partial charge in [-0.05, 0) is 110 Å². The standard InChI is InChI=1S/C15H26O4.C14H26O4.2C13H24O4.2C12H22O4.2C11H20O4/c16-8-6-4-2-1-3-5-7-15-17-12-9-13(18-15)11-14(10-12)19-15;1-12(7-5-3-4-6-8-15)14-16-9-13(2,10-17-14)11-18-14;1-11(6-4-3-5-7-14)13-15-8-12(2,9-16-13)10-17-13;1-12-9-15-13(16-10-12,17-11-12)7-5-3-2-4-6-8-14;1-10(5-3-4-6-13)12-14-7-11(2,8-15-12)9-16-12;1-11-8-14-12(15-9-11,16-10-11)6-4-2-3-5-7-13;1-10-6-8-13-11(15-10,14-9-10)5-3-2-4-7-12;1-10-7-13-11(14-8-10,15-9-10)5-3-2-4-6-12/h12-14,16H,1-11H2;12,15H,3-11H2,1-2H3;11,14H,3-10H2,1-2H3;14H,2-11H2,1H3;10,13H,3-9H2,1-2H3;13H,2-10H2,1H3;2*12H,2-9H2,1H3. The molecule has 5 atom stereocenters. The first kappa shape index (κ1) is 114. The topological polar surface area (TPSA) is 383 Å². The van der Waals surface area contributed by atoms with Crippen molar-refractivity contribution in [2.24, 2.45) is 50.2 Å². The van der Waals surface area contributed by atoms with Crippen LogP contribution >= 0.6 is 0 Å². The highest BCUT2D eigenvalue weighted by Gasteiger charge is 2.60. The van der Waals surface area contributed by atoms with Gasteiger partial charge in [0.05, 0.1) is 156 Å². The Morgan fingerprint density at radius 1 is 0.211 bits per heavy atom. The quantitative estimate of drug-likeness (QED) is 0.0262. The molecule has 5 unspecified atom stereocenters. The van der Waals surface area contributed by atoms with Crippen LogP contribution in [0.1, 0.15) is 339 Å². The van der Waals surface area contributed by atoms with Gasteiger partial charge >= 0.3 is 0 Å². The van der Waals surface area contributed by atoms with E-state index in [0.29, 0.717) is 44.7 Å². The third kappa shape index (κ3) is 34.7. The molecule has 0 aromatic rings. The highest BCUT2D eigenvalue weighted by molar-refractivity contribution is 4.95. The molecular formula is C101H184O32. The Morgan fingerprint density at radius 2 is 0.398 bits per heavy atom. The lowest BCUT2D eigenvalue weighted by Crippen LogP contribution is -2.62. The first-order valence-corrected chi connectivity index (χ1v) is 52.2. The monoisotopic (exact) mass is 1910 g/mol. The molecule has 0 radical (unpaired) electrons. The zero-order valence-electron chi connectivity index (χ0n) is 83.8.